The summed E-state index contributed by atoms with van der Waals surface area (Å²) in [5.41, 5.74) is 1.65. The SMILES string of the molecule is COc1ccc2[nH]c(C(=O)N3CCC(C4CCOCC4)CC3)cc2c1. The van der Waals surface area contributed by atoms with Gasteiger partial charge in [0.2, 0.25) is 0 Å². The lowest BCUT2D eigenvalue weighted by atomic mass is 9.80. The van der Waals surface area contributed by atoms with E-state index in [-0.39, 0.29) is 5.91 Å². The molecule has 0 bridgehead atoms. The van der Waals surface area contributed by atoms with Gasteiger partial charge in [0, 0.05) is 37.2 Å². The summed E-state index contributed by atoms with van der Waals surface area (Å²) in [7, 11) is 1.66. The first kappa shape index (κ1) is 16.5. The van der Waals surface area contributed by atoms with E-state index in [4.69, 9.17) is 9.47 Å². The Morgan fingerprint density at radius 1 is 1.12 bits per heavy atom. The molecule has 5 nitrogen and oxygen atoms in total. The maximum absolute atomic E-state index is 12.9. The Hall–Kier alpha value is -2.01. The zero-order chi connectivity index (χ0) is 17.2. The highest BCUT2D eigenvalue weighted by atomic mass is 16.5. The zero-order valence-electron chi connectivity index (χ0n) is 14.8. The van der Waals surface area contributed by atoms with Crippen LogP contribution in [0.4, 0.5) is 0 Å². The van der Waals surface area contributed by atoms with Crippen LogP contribution in [0.2, 0.25) is 0 Å². The third-order valence-corrected chi connectivity index (χ3v) is 5.82. The monoisotopic (exact) mass is 342 g/mol. The van der Waals surface area contributed by atoms with Crippen LogP contribution < -0.4 is 4.74 Å². The number of benzene rings is 1. The fourth-order valence-electron chi connectivity index (χ4n) is 4.28. The highest BCUT2D eigenvalue weighted by Crippen LogP contribution is 2.32. The molecule has 134 valence electrons. The smallest absolute Gasteiger partial charge is 0.270 e. The summed E-state index contributed by atoms with van der Waals surface area (Å²) >= 11 is 0. The van der Waals surface area contributed by atoms with Crippen LogP contribution in [0.5, 0.6) is 5.75 Å². The minimum Gasteiger partial charge on any atom is -0.497 e. The molecule has 3 heterocycles. The van der Waals surface area contributed by atoms with Crippen molar-refractivity contribution < 1.29 is 14.3 Å². The van der Waals surface area contributed by atoms with E-state index < -0.39 is 0 Å². The second-order valence-electron chi connectivity index (χ2n) is 7.22. The molecule has 0 unspecified atom stereocenters. The van der Waals surface area contributed by atoms with Gasteiger partial charge in [0.25, 0.3) is 5.91 Å². The van der Waals surface area contributed by atoms with Gasteiger partial charge in [-0.1, -0.05) is 0 Å². The van der Waals surface area contributed by atoms with Crippen LogP contribution in [-0.4, -0.2) is 49.2 Å². The number of carbonyl (C=O) groups is 1. The number of rotatable bonds is 3. The molecule has 25 heavy (non-hydrogen) atoms. The Morgan fingerprint density at radius 3 is 2.56 bits per heavy atom. The lowest BCUT2D eigenvalue weighted by molar-refractivity contribution is 0.0287. The van der Waals surface area contributed by atoms with Crippen LogP contribution in [0, 0.1) is 11.8 Å². The molecule has 1 aromatic carbocycles. The fourth-order valence-corrected chi connectivity index (χ4v) is 4.28. The predicted octanol–water partition coefficient (Wildman–Crippen LogP) is 3.46. The van der Waals surface area contributed by atoms with Crippen LogP contribution in [0.15, 0.2) is 24.3 Å². The van der Waals surface area contributed by atoms with E-state index >= 15 is 0 Å². The number of nitrogens with one attached hydrogen (secondary N) is 1. The van der Waals surface area contributed by atoms with Crippen LogP contribution >= 0.6 is 0 Å². The van der Waals surface area contributed by atoms with Gasteiger partial charge in [-0.15, -0.1) is 0 Å². The standard InChI is InChI=1S/C20H26N2O3/c1-24-17-2-3-18-16(12-17)13-19(21-18)20(23)22-8-4-14(5-9-22)15-6-10-25-11-7-15/h2-3,12-15,21H,4-11H2,1H3. The number of nitrogens with zero attached hydrogens (tertiary/aromatic N) is 1. The molecule has 0 atom stereocenters. The summed E-state index contributed by atoms with van der Waals surface area (Å²) in [5, 5.41) is 1.01. The molecule has 2 saturated heterocycles. The van der Waals surface area contributed by atoms with Crippen molar-refractivity contribution in [2.45, 2.75) is 25.7 Å². The second-order valence-corrected chi connectivity index (χ2v) is 7.22. The topological polar surface area (TPSA) is 54.6 Å². The zero-order valence-corrected chi connectivity index (χ0v) is 14.8. The normalized spacial score (nSPS) is 20.1. The molecule has 2 aliphatic heterocycles. The van der Waals surface area contributed by atoms with Gasteiger partial charge in [0.05, 0.1) is 7.11 Å². The molecule has 2 aromatic rings. The van der Waals surface area contributed by atoms with Crippen LogP contribution in [0.3, 0.4) is 0 Å². The van der Waals surface area contributed by atoms with Gasteiger partial charge in [-0.25, -0.2) is 0 Å². The summed E-state index contributed by atoms with van der Waals surface area (Å²) in [5.74, 6) is 2.45. The second kappa shape index (κ2) is 7.08. The van der Waals surface area contributed by atoms with Crippen molar-refractivity contribution in [3.63, 3.8) is 0 Å². The van der Waals surface area contributed by atoms with Crippen molar-refractivity contribution in [3.8, 4) is 5.75 Å². The largest absolute Gasteiger partial charge is 0.497 e. The van der Waals surface area contributed by atoms with Crippen molar-refractivity contribution >= 4 is 16.8 Å². The average Bonchev–Trinajstić information content (AvgIpc) is 3.11. The van der Waals surface area contributed by atoms with Crippen molar-refractivity contribution in [1.29, 1.82) is 0 Å². The first-order valence-electron chi connectivity index (χ1n) is 9.28. The summed E-state index contributed by atoms with van der Waals surface area (Å²) < 4.78 is 10.7. The van der Waals surface area contributed by atoms with E-state index in [1.807, 2.05) is 29.2 Å². The molecule has 1 aromatic heterocycles. The number of aromatic amines is 1. The Bertz CT molecular complexity index is 740. The molecule has 0 aliphatic carbocycles. The first-order valence-corrected chi connectivity index (χ1v) is 9.28. The molecule has 2 fully saturated rings. The number of piperidine rings is 1. The lowest BCUT2D eigenvalue weighted by Crippen LogP contribution is -2.41. The maximum Gasteiger partial charge on any atom is 0.270 e. The van der Waals surface area contributed by atoms with Gasteiger partial charge in [-0.05, 0) is 61.8 Å². The highest BCUT2D eigenvalue weighted by Gasteiger charge is 2.30. The minimum absolute atomic E-state index is 0.112. The van der Waals surface area contributed by atoms with E-state index in [0.29, 0.717) is 5.69 Å². The number of methoxy groups -OCH3 is 1. The summed E-state index contributed by atoms with van der Waals surface area (Å²) in [6, 6.07) is 7.76. The molecule has 2 aliphatic rings. The van der Waals surface area contributed by atoms with Gasteiger partial charge < -0.3 is 19.4 Å². The van der Waals surface area contributed by atoms with Crippen molar-refractivity contribution in [1.82, 2.24) is 9.88 Å². The molecule has 4 rings (SSSR count). The number of fused-ring (bicyclic) bond motifs is 1. The van der Waals surface area contributed by atoms with Gasteiger partial charge in [0.1, 0.15) is 11.4 Å². The number of hydrogen-bond donors (Lipinski definition) is 1. The van der Waals surface area contributed by atoms with Gasteiger partial charge in [-0.2, -0.15) is 0 Å². The van der Waals surface area contributed by atoms with E-state index in [2.05, 4.69) is 4.98 Å². The molecular weight excluding hydrogens is 316 g/mol. The Morgan fingerprint density at radius 2 is 1.84 bits per heavy atom. The third kappa shape index (κ3) is 3.38. The van der Waals surface area contributed by atoms with Gasteiger partial charge in [0.15, 0.2) is 0 Å². The van der Waals surface area contributed by atoms with Crippen LogP contribution in [0.1, 0.15) is 36.2 Å². The molecule has 1 amide bonds. The third-order valence-electron chi connectivity index (χ3n) is 5.82. The molecule has 1 N–H and O–H groups in total. The summed E-state index contributed by atoms with van der Waals surface area (Å²) in [4.78, 5) is 18.1. The van der Waals surface area contributed by atoms with Gasteiger partial charge in [-0.3, -0.25) is 4.79 Å². The summed E-state index contributed by atoms with van der Waals surface area (Å²) in [6.07, 6.45) is 4.60. The minimum atomic E-state index is 0.112. The Kier molecular flexibility index (Phi) is 4.66. The van der Waals surface area contributed by atoms with Gasteiger partial charge >= 0.3 is 0 Å². The first-order chi connectivity index (χ1) is 12.2. The fraction of sp³-hybridized carbons (Fsp3) is 0.550. The van der Waals surface area contributed by atoms with Crippen molar-refractivity contribution in [3.05, 3.63) is 30.0 Å². The molecule has 5 heteroatoms. The van der Waals surface area contributed by atoms with Crippen LogP contribution in [0.25, 0.3) is 10.9 Å². The van der Waals surface area contributed by atoms with E-state index in [1.54, 1.807) is 7.11 Å². The molecule has 0 saturated carbocycles. The molecule has 0 spiro atoms. The van der Waals surface area contributed by atoms with Crippen molar-refractivity contribution in [2.24, 2.45) is 11.8 Å². The Balaban J connectivity index is 1.41. The summed E-state index contributed by atoms with van der Waals surface area (Å²) in [6.45, 7) is 3.53. The number of amides is 1. The molecule has 0 radical (unpaired) electrons. The number of likely N-dealkylation sites (tertiary alicyclic amines) is 1. The maximum atomic E-state index is 12.9. The number of H-pyrrole nitrogens is 1. The number of carbonyl (C=O) groups excluding carboxylic acids is 1. The highest BCUT2D eigenvalue weighted by molar-refractivity contribution is 5.98. The number of ether oxygens (including phenoxy) is 2. The quantitative estimate of drug-likeness (QED) is 0.929. The van der Waals surface area contributed by atoms with Crippen LogP contribution in [-0.2, 0) is 4.74 Å². The predicted molar refractivity (Wildman–Crippen MR) is 97.0 cm³/mol. The van der Waals surface area contributed by atoms with E-state index in [9.17, 15) is 4.79 Å². The Labute approximate surface area is 148 Å². The van der Waals surface area contributed by atoms with Crippen molar-refractivity contribution in [2.75, 3.05) is 33.4 Å². The number of hydrogen-bond acceptors (Lipinski definition) is 3. The average molecular weight is 342 g/mol. The lowest BCUT2D eigenvalue weighted by Gasteiger charge is -2.37. The van der Waals surface area contributed by atoms with E-state index in [0.717, 1.165) is 67.6 Å². The number of aromatic nitrogens is 1. The molecular formula is C20H26N2O3. The van der Waals surface area contributed by atoms with E-state index in [1.165, 1.54) is 12.8 Å².